The molecule has 1 unspecified atom stereocenters. The smallest absolute Gasteiger partial charge is 0.265 e. The molecule has 0 aliphatic carbocycles. The zero-order valence-corrected chi connectivity index (χ0v) is 15.8. The minimum Gasteiger partial charge on any atom is -0.348 e. The van der Waals surface area contributed by atoms with Crippen molar-refractivity contribution in [2.75, 3.05) is 18.6 Å². The first-order valence-corrected chi connectivity index (χ1v) is 10.6. The summed E-state index contributed by atoms with van der Waals surface area (Å²) in [5, 5.41) is 2.75. The van der Waals surface area contributed by atoms with Gasteiger partial charge >= 0.3 is 0 Å². The molecular weight excluding hydrogens is 380 g/mol. The number of amides is 2. The molecule has 2 heterocycles. The van der Waals surface area contributed by atoms with E-state index in [2.05, 4.69) is 5.32 Å². The average molecular weight is 397 g/mol. The van der Waals surface area contributed by atoms with Crippen LogP contribution in [0.1, 0.15) is 22.3 Å². The summed E-state index contributed by atoms with van der Waals surface area (Å²) in [4.78, 5) is 26.1. The monoisotopic (exact) mass is 396 g/mol. The van der Waals surface area contributed by atoms with Gasteiger partial charge in [0.05, 0.1) is 16.4 Å². The van der Waals surface area contributed by atoms with Crippen molar-refractivity contribution in [3.8, 4) is 0 Å². The summed E-state index contributed by atoms with van der Waals surface area (Å²) in [6.45, 7) is 0. The van der Waals surface area contributed by atoms with Crippen LogP contribution in [-0.4, -0.2) is 54.0 Å². The quantitative estimate of drug-likeness (QED) is 0.615. The Labute approximate surface area is 155 Å². The molecule has 6 nitrogen and oxygen atoms in total. The fourth-order valence-electron chi connectivity index (χ4n) is 2.61. The Morgan fingerprint density at radius 3 is 2.56 bits per heavy atom. The zero-order chi connectivity index (χ0) is 18.2. The fraction of sp³-hybridized carbons (Fsp3) is 0.312. The van der Waals surface area contributed by atoms with Crippen molar-refractivity contribution in [3.05, 3.63) is 40.3 Å². The van der Waals surface area contributed by atoms with Gasteiger partial charge in [-0.05, 0) is 30.2 Å². The number of likely N-dealkylation sites (N-methyl/N-ethyl adjacent to an activating group) is 1. The SMILES string of the molecule is CN1C(=O)C(=Cc2ccc(C(=O)NC3CCS(=O)(=O)C3)cc2)SC1=S. The third-order valence-corrected chi connectivity index (χ3v) is 7.28. The highest BCUT2D eigenvalue weighted by molar-refractivity contribution is 8.26. The lowest BCUT2D eigenvalue weighted by molar-refractivity contribution is -0.121. The molecule has 2 aliphatic heterocycles. The number of hydrogen-bond acceptors (Lipinski definition) is 6. The number of thiocarbonyl (C=S) groups is 1. The van der Waals surface area contributed by atoms with Gasteiger partial charge in [0, 0.05) is 18.7 Å². The van der Waals surface area contributed by atoms with Crippen molar-refractivity contribution in [3.63, 3.8) is 0 Å². The number of thioether (sulfide) groups is 1. The molecule has 0 aromatic heterocycles. The standard InChI is InChI=1S/C16H16N2O4S3/c1-18-15(20)13(24-16(18)23)8-10-2-4-11(5-3-10)14(19)17-12-6-7-25(21,22)9-12/h2-5,8,12H,6-7,9H2,1H3,(H,17,19). The topological polar surface area (TPSA) is 83.6 Å². The van der Waals surface area contributed by atoms with Crippen LogP contribution in [0.3, 0.4) is 0 Å². The second-order valence-electron chi connectivity index (χ2n) is 5.94. The first-order chi connectivity index (χ1) is 11.7. The van der Waals surface area contributed by atoms with Crippen LogP contribution < -0.4 is 5.32 Å². The van der Waals surface area contributed by atoms with E-state index in [1.54, 1.807) is 37.4 Å². The molecule has 2 aliphatic rings. The molecule has 9 heteroatoms. The summed E-state index contributed by atoms with van der Waals surface area (Å²) >= 11 is 6.32. The highest BCUT2D eigenvalue weighted by Crippen LogP contribution is 2.31. The molecule has 1 atom stereocenters. The Morgan fingerprint density at radius 2 is 2.04 bits per heavy atom. The fourth-order valence-corrected chi connectivity index (χ4v) is 5.46. The summed E-state index contributed by atoms with van der Waals surface area (Å²) in [5.41, 5.74) is 1.23. The predicted octanol–water partition coefficient (Wildman–Crippen LogP) is 1.43. The van der Waals surface area contributed by atoms with E-state index in [-0.39, 0.29) is 29.4 Å². The maximum Gasteiger partial charge on any atom is 0.265 e. The molecule has 0 bridgehead atoms. The Hall–Kier alpha value is -1.71. The predicted molar refractivity (Wildman–Crippen MR) is 102 cm³/mol. The lowest BCUT2D eigenvalue weighted by Gasteiger charge is -2.10. The minimum absolute atomic E-state index is 0.00428. The molecule has 2 fully saturated rings. The van der Waals surface area contributed by atoms with Crippen LogP contribution in [-0.2, 0) is 14.6 Å². The third kappa shape index (κ3) is 4.10. The highest BCUT2D eigenvalue weighted by atomic mass is 32.2. The van der Waals surface area contributed by atoms with E-state index in [1.165, 1.54) is 16.7 Å². The molecule has 3 rings (SSSR count). The molecule has 1 aromatic rings. The van der Waals surface area contributed by atoms with Crippen molar-refractivity contribution in [1.82, 2.24) is 10.2 Å². The number of nitrogens with one attached hydrogen (secondary N) is 1. The molecule has 0 saturated carbocycles. The Balaban J connectivity index is 1.67. The van der Waals surface area contributed by atoms with Gasteiger partial charge in [-0.25, -0.2) is 8.42 Å². The normalized spacial score (nSPS) is 24.1. The van der Waals surface area contributed by atoms with Crippen LogP contribution >= 0.6 is 24.0 Å². The van der Waals surface area contributed by atoms with E-state index in [4.69, 9.17) is 12.2 Å². The van der Waals surface area contributed by atoms with E-state index >= 15 is 0 Å². The van der Waals surface area contributed by atoms with Gasteiger partial charge in [-0.2, -0.15) is 0 Å². The maximum atomic E-state index is 12.2. The van der Waals surface area contributed by atoms with Gasteiger partial charge < -0.3 is 5.32 Å². The number of rotatable bonds is 3. The van der Waals surface area contributed by atoms with Gasteiger partial charge in [0.1, 0.15) is 4.32 Å². The average Bonchev–Trinajstić information content (AvgIpc) is 3.02. The minimum atomic E-state index is -3.03. The number of nitrogens with zero attached hydrogens (tertiary/aromatic N) is 1. The van der Waals surface area contributed by atoms with Crippen molar-refractivity contribution in [2.24, 2.45) is 0 Å². The largest absolute Gasteiger partial charge is 0.348 e. The van der Waals surface area contributed by atoms with Crippen LogP contribution in [0, 0.1) is 0 Å². The zero-order valence-electron chi connectivity index (χ0n) is 13.4. The van der Waals surface area contributed by atoms with Crippen LogP contribution in [0.4, 0.5) is 0 Å². The first-order valence-electron chi connectivity index (χ1n) is 7.58. The summed E-state index contributed by atoms with van der Waals surface area (Å²) in [5.74, 6) is -0.324. The number of benzene rings is 1. The lowest BCUT2D eigenvalue weighted by Crippen LogP contribution is -2.35. The van der Waals surface area contributed by atoms with E-state index < -0.39 is 9.84 Å². The molecule has 132 valence electrons. The van der Waals surface area contributed by atoms with E-state index in [9.17, 15) is 18.0 Å². The summed E-state index contributed by atoms with van der Waals surface area (Å²) in [7, 11) is -1.39. The van der Waals surface area contributed by atoms with Gasteiger partial charge in [0.2, 0.25) is 0 Å². The van der Waals surface area contributed by atoms with Crippen LogP contribution in [0.25, 0.3) is 6.08 Å². The number of carbonyl (C=O) groups is 2. The Kier molecular flexibility index (Phi) is 4.99. The second kappa shape index (κ2) is 6.89. The molecule has 25 heavy (non-hydrogen) atoms. The molecule has 0 radical (unpaired) electrons. The summed E-state index contributed by atoms with van der Waals surface area (Å²) < 4.78 is 23.4. The van der Waals surface area contributed by atoms with Crippen molar-refractivity contribution < 1.29 is 18.0 Å². The maximum absolute atomic E-state index is 12.2. The lowest BCUT2D eigenvalue weighted by atomic mass is 10.1. The summed E-state index contributed by atoms with van der Waals surface area (Å²) in [6.07, 6.45) is 2.18. The van der Waals surface area contributed by atoms with Gasteiger partial charge in [0.25, 0.3) is 11.8 Å². The number of hydrogen-bond donors (Lipinski definition) is 1. The second-order valence-corrected chi connectivity index (χ2v) is 9.84. The highest BCUT2D eigenvalue weighted by Gasteiger charge is 2.30. The van der Waals surface area contributed by atoms with Gasteiger partial charge in [-0.1, -0.05) is 36.1 Å². The van der Waals surface area contributed by atoms with Crippen molar-refractivity contribution in [1.29, 1.82) is 0 Å². The molecule has 0 spiro atoms. The number of sulfone groups is 1. The Morgan fingerprint density at radius 1 is 1.36 bits per heavy atom. The van der Waals surface area contributed by atoms with E-state index in [1.807, 2.05) is 0 Å². The summed E-state index contributed by atoms with van der Waals surface area (Å²) in [6, 6.07) is 6.45. The van der Waals surface area contributed by atoms with Crippen molar-refractivity contribution in [2.45, 2.75) is 12.5 Å². The molecule has 1 aromatic carbocycles. The third-order valence-electron chi connectivity index (χ3n) is 4.02. The Bertz CT molecular complexity index is 875. The van der Waals surface area contributed by atoms with Gasteiger partial charge in [0.15, 0.2) is 9.84 Å². The van der Waals surface area contributed by atoms with Crippen LogP contribution in [0.2, 0.25) is 0 Å². The van der Waals surface area contributed by atoms with E-state index in [0.717, 1.165) is 5.56 Å². The van der Waals surface area contributed by atoms with Crippen molar-refractivity contribution >= 4 is 56.0 Å². The molecule has 2 saturated heterocycles. The van der Waals surface area contributed by atoms with Gasteiger partial charge in [-0.3, -0.25) is 14.5 Å². The first kappa shape index (κ1) is 18.1. The molecular formula is C16H16N2O4S3. The van der Waals surface area contributed by atoms with Crippen LogP contribution in [0.5, 0.6) is 0 Å². The van der Waals surface area contributed by atoms with E-state index in [0.29, 0.717) is 21.2 Å². The van der Waals surface area contributed by atoms with Gasteiger partial charge in [-0.15, -0.1) is 0 Å². The van der Waals surface area contributed by atoms with Crippen LogP contribution in [0.15, 0.2) is 29.2 Å². The number of carbonyl (C=O) groups excluding carboxylic acids is 2. The molecule has 2 amide bonds. The molecule has 1 N–H and O–H groups in total.